The Labute approximate surface area is 192 Å². The summed E-state index contributed by atoms with van der Waals surface area (Å²) in [6.07, 6.45) is 0. The Morgan fingerprint density at radius 3 is 2.45 bits per heavy atom. The molecular formula is C21H19Cl2N3O4S. The van der Waals surface area contributed by atoms with Crippen LogP contribution >= 0.6 is 35.0 Å². The number of carboxylic acids is 1. The molecule has 0 saturated heterocycles. The van der Waals surface area contributed by atoms with E-state index >= 15 is 0 Å². The van der Waals surface area contributed by atoms with Crippen molar-refractivity contribution in [1.29, 1.82) is 0 Å². The Bertz CT molecular complexity index is 1160. The first kappa shape index (κ1) is 23.0. The van der Waals surface area contributed by atoms with Crippen LogP contribution in [0.1, 0.15) is 17.4 Å². The highest BCUT2D eigenvalue weighted by atomic mass is 35.5. The summed E-state index contributed by atoms with van der Waals surface area (Å²) in [6, 6.07) is 11.2. The predicted molar refractivity (Wildman–Crippen MR) is 123 cm³/mol. The van der Waals surface area contributed by atoms with Gasteiger partial charge in [-0.25, -0.2) is 0 Å². The van der Waals surface area contributed by atoms with Gasteiger partial charge in [0.05, 0.1) is 15.8 Å². The first-order valence-corrected chi connectivity index (χ1v) is 10.9. The van der Waals surface area contributed by atoms with Crippen molar-refractivity contribution >= 4 is 69.3 Å². The molecule has 0 saturated carbocycles. The Kier molecular flexibility index (Phi) is 7.15. The molecule has 3 aromatic rings. The molecular weight excluding hydrogens is 461 g/mol. The third-order valence-corrected chi connectivity index (χ3v) is 6.41. The van der Waals surface area contributed by atoms with Crippen LogP contribution in [0.3, 0.4) is 0 Å². The standard InChI is InChI=1S/C21H19Cl2N3O4S/c1-11(21(29)30)24-18(27)10-31-13-5-3-12(4-6-13)25-20(28)17-9-14-16(26(17)2)8-7-15(22)19(14)23/h3-9,11H,10H2,1-2H3,(H,24,27)(H,25,28)(H,29,30). The van der Waals surface area contributed by atoms with Gasteiger partial charge in [0, 0.05) is 28.5 Å². The molecule has 3 rings (SSSR count). The molecule has 2 aromatic carbocycles. The van der Waals surface area contributed by atoms with Crippen molar-refractivity contribution < 1.29 is 19.5 Å². The minimum absolute atomic E-state index is 0.0859. The molecule has 2 amide bonds. The van der Waals surface area contributed by atoms with Gasteiger partial charge < -0.3 is 20.3 Å². The third-order valence-electron chi connectivity index (χ3n) is 4.58. The van der Waals surface area contributed by atoms with E-state index in [0.29, 0.717) is 26.8 Å². The average molecular weight is 480 g/mol. The highest BCUT2D eigenvalue weighted by Gasteiger charge is 2.17. The second kappa shape index (κ2) is 9.64. The number of benzene rings is 2. The van der Waals surface area contributed by atoms with Crippen molar-refractivity contribution in [1.82, 2.24) is 9.88 Å². The minimum Gasteiger partial charge on any atom is -0.480 e. The zero-order valence-corrected chi connectivity index (χ0v) is 18.9. The Hall–Kier alpha value is -2.68. The molecule has 31 heavy (non-hydrogen) atoms. The van der Waals surface area contributed by atoms with Crippen LogP contribution in [-0.4, -0.2) is 39.3 Å². The maximum atomic E-state index is 12.7. The summed E-state index contributed by atoms with van der Waals surface area (Å²) >= 11 is 13.6. The van der Waals surface area contributed by atoms with Crippen LogP contribution in [0.25, 0.3) is 10.9 Å². The summed E-state index contributed by atoms with van der Waals surface area (Å²) in [5, 5.41) is 15.6. The van der Waals surface area contributed by atoms with Crippen molar-refractivity contribution in [2.75, 3.05) is 11.1 Å². The molecule has 162 valence electrons. The summed E-state index contributed by atoms with van der Waals surface area (Å²) in [6.45, 7) is 1.40. The SMILES string of the molecule is CC(NC(=O)CSc1ccc(NC(=O)c2cc3c(Cl)c(Cl)ccc3n2C)cc1)C(=O)O. The number of nitrogens with one attached hydrogen (secondary N) is 2. The number of aryl methyl sites for hydroxylation is 1. The molecule has 1 aromatic heterocycles. The maximum absolute atomic E-state index is 12.7. The van der Waals surface area contributed by atoms with Crippen LogP contribution in [0.4, 0.5) is 5.69 Å². The smallest absolute Gasteiger partial charge is 0.325 e. The Morgan fingerprint density at radius 2 is 1.81 bits per heavy atom. The van der Waals surface area contributed by atoms with Gasteiger partial charge in [-0.2, -0.15) is 0 Å². The number of fused-ring (bicyclic) bond motifs is 1. The molecule has 0 fully saturated rings. The number of hydrogen-bond acceptors (Lipinski definition) is 4. The van der Waals surface area contributed by atoms with E-state index < -0.39 is 12.0 Å². The van der Waals surface area contributed by atoms with E-state index in [2.05, 4.69) is 10.6 Å². The summed E-state index contributed by atoms with van der Waals surface area (Å²) < 4.78 is 1.74. The number of anilines is 1. The molecule has 1 atom stereocenters. The van der Waals surface area contributed by atoms with Gasteiger partial charge in [-0.15, -0.1) is 11.8 Å². The lowest BCUT2D eigenvalue weighted by molar-refractivity contribution is -0.140. The van der Waals surface area contributed by atoms with Crippen molar-refractivity contribution in [2.45, 2.75) is 17.9 Å². The fraction of sp³-hybridized carbons (Fsp3) is 0.190. The molecule has 1 unspecified atom stereocenters. The van der Waals surface area contributed by atoms with Crippen LogP contribution in [0.5, 0.6) is 0 Å². The Morgan fingerprint density at radius 1 is 1.13 bits per heavy atom. The van der Waals surface area contributed by atoms with Gasteiger partial charge in [0.15, 0.2) is 0 Å². The number of carboxylic acid groups (broad SMARTS) is 1. The Balaban J connectivity index is 1.64. The van der Waals surface area contributed by atoms with E-state index in [1.165, 1.54) is 18.7 Å². The number of aromatic nitrogens is 1. The van der Waals surface area contributed by atoms with Crippen LogP contribution in [0.15, 0.2) is 47.4 Å². The summed E-state index contributed by atoms with van der Waals surface area (Å²) in [5.41, 5.74) is 1.82. The second-order valence-electron chi connectivity index (χ2n) is 6.78. The zero-order valence-electron chi connectivity index (χ0n) is 16.6. The first-order valence-electron chi connectivity index (χ1n) is 9.17. The van der Waals surface area contributed by atoms with Crippen molar-refractivity contribution in [3.8, 4) is 0 Å². The number of aliphatic carboxylic acids is 1. The van der Waals surface area contributed by atoms with E-state index in [4.69, 9.17) is 28.3 Å². The van der Waals surface area contributed by atoms with E-state index in [1.54, 1.807) is 54.1 Å². The molecule has 0 aliphatic carbocycles. The molecule has 0 bridgehead atoms. The van der Waals surface area contributed by atoms with Gasteiger partial charge in [-0.05, 0) is 49.4 Å². The number of carbonyl (C=O) groups excluding carboxylic acids is 2. The van der Waals surface area contributed by atoms with Gasteiger partial charge in [0.1, 0.15) is 11.7 Å². The average Bonchev–Trinajstić information content (AvgIpc) is 3.07. The molecule has 0 radical (unpaired) electrons. The van der Waals surface area contributed by atoms with Crippen LogP contribution in [0, 0.1) is 0 Å². The molecule has 0 aliphatic rings. The lowest BCUT2D eigenvalue weighted by Gasteiger charge is -2.09. The van der Waals surface area contributed by atoms with Gasteiger partial charge in [-0.1, -0.05) is 23.2 Å². The second-order valence-corrected chi connectivity index (χ2v) is 8.61. The number of hydrogen-bond donors (Lipinski definition) is 3. The minimum atomic E-state index is -1.09. The normalized spacial score (nSPS) is 11.9. The van der Waals surface area contributed by atoms with E-state index in [0.717, 1.165) is 10.4 Å². The zero-order chi connectivity index (χ0) is 22.7. The van der Waals surface area contributed by atoms with E-state index in [1.807, 2.05) is 0 Å². The molecule has 7 nitrogen and oxygen atoms in total. The molecule has 1 heterocycles. The van der Waals surface area contributed by atoms with Crippen LogP contribution < -0.4 is 10.6 Å². The quantitative estimate of drug-likeness (QED) is 0.435. The first-order chi connectivity index (χ1) is 14.7. The van der Waals surface area contributed by atoms with Crippen LogP contribution in [0.2, 0.25) is 10.0 Å². The van der Waals surface area contributed by atoms with Gasteiger partial charge in [-0.3, -0.25) is 14.4 Å². The summed E-state index contributed by atoms with van der Waals surface area (Å²) in [4.78, 5) is 36.1. The molecule has 0 aliphatic heterocycles. The third kappa shape index (κ3) is 5.33. The molecule has 10 heteroatoms. The molecule has 3 N–H and O–H groups in total. The van der Waals surface area contributed by atoms with Crippen molar-refractivity contribution in [3.63, 3.8) is 0 Å². The number of thioether (sulfide) groups is 1. The highest BCUT2D eigenvalue weighted by Crippen LogP contribution is 2.32. The maximum Gasteiger partial charge on any atom is 0.325 e. The van der Waals surface area contributed by atoms with Gasteiger partial charge in [0.25, 0.3) is 5.91 Å². The summed E-state index contributed by atoms with van der Waals surface area (Å²) in [7, 11) is 1.78. The van der Waals surface area contributed by atoms with Crippen molar-refractivity contribution in [2.24, 2.45) is 7.05 Å². The highest BCUT2D eigenvalue weighted by molar-refractivity contribution is 8.00. The summed E-state index contributed by atoms with van der Waals surface area (Å²) in [5.74, 6) is -1.67. The van der Waals surface area contributed by atoms with E-state index in [-0.39, 0.29) is 17.6 Å². The molecule has 0 spiro atoms. The van der Waals surface area contributed by atoms with E-state index in [9.17, 15) is 14.4 Å². The number of halogens is 2. The van der Waals surface area contributed by atoms with Gasteiger partial charge >= 0.3 is 5.97 Å². The lowest BCUT2D eigenvalue weighted by Crippen LogP contribution is -2.39. The number of rotatable bonds is 7. The van der Waals surface area contributed by atoms with Gasteiger partial charge in [0.2, 0.25) is 5.91 Å². The topological polar surface area (TPSA) is 100 Å². The van der Waals surface area contributed by atoms with Crippen molar-refractivity contribution in [3.05, 3.63) is 58.2 Å². The number of carbonyl (C=O) groups is 3. The largest absolute Gasteiger partial charge is 0.480 e. The lowest BCUT2D eigenvalue weighted by atomic mass is 10.2. The fourth-order valence-corrected chi connectivity index (χ4v) is 3.98. The predicted octanol–water partition coefficient (Wildman–Crippen LogP) is 4.42. The number of nitrogens with zero attached hydrogens (tertiary/aromatic N) is 1. The fourth-order valence-electron chi connectivity index (χ4n) is 2.89. The monoisotopic (exact) mass is 479 g/mol. The number of amides is 2. The van der Waals surface area contributed by atoms with Crippen LogP contribution in [-0.2, 0) is 16.6 Å².